The van der Waals surface area contributed by atoms with E-state index in [0.29, 0.717) is 19.0 Å². The van der Waals surface area contributed by atoms with E-state index in [2.05, 4.69) is 57.4 Å². The summed E-state index contributed by atoms with van der Waals surface area (Å²) in [5.74, 6) is 0.898. The molecule has 5 N–H and O–H groups in total. The maximum Gasteiger partial charge on any atom is 0.228 e. The van der Waals surface area contributed by atoms with Crippen LogP contribution in [0.25, 0.3) is 0 Å². The van der Waals surface area contributed by atoms with E-state index in [9.17, 15) is 9.90 Å². The number of fused-ring (bicyclic) bond motifs is 1. The molecule has 3 aliphatic heterocycles. The molecule has 12 atom stereocenters. The Hall–Kier alpha value is -0.320. The number of carbonyl (C=O) groups excluding carboxylic acids is 1. The first-order valence-electron chi connectivity index (χ1n) is 14.6. The normalized spacial score (nSPS) is 48.1. The molecular weight excluding hydrogens is 525 g/mol. The molecule has 2 saturated carbocycles. The third kappa shape index (κ3) is 4.79. The molecule has 5 rings (SSSR count). The van der Waals surface area contributed by atoms with Crippen LogP contribution in [-0.2, 0) is 4.79 Å². The second-order valence-electron chi connectivity index (χ2n) is 12.3. The fourth-order valence-electron chi connectivity index (χ4n) is 8.07. The van der Waals surface area contributed by atoms with Gasteiger partial charge in [-0.25, -0.2) is 9.40 Å². The number of rotatable bonds is 6. The van der Waals surface area contributed by atoms with Crippen molar-refractivity contribution in [3.8, 4) is 0 Å². The Morgan fingerprint density at radius 3 is 2.58 bits per heavy atom. The molecule has 0 aromatic heterocycles. The van der Waals surface area contributed by atoms with E-state index in [4.69, 9.17) is 5.73 Å². The van der Waals surface area contributed by atoms with Gasteiger partial charge in [0.05, 0.1) is 16.9 Å². The van der Waals surface area contributed by atoms with Crippen molar-refractivity contribution in [2.45, 2.75) is 120 Å². The number of likely N-dealkylation sites (tertiary alicyclic amines) is 1. The van der Waals surface area contributed by atoms with Crippen molar-refractivity contribution in [2.24, 2.45) is 35.3 Å². The number of nitrogens with two attached hydrogens (primary N) is 1. The molecule has 0 aromatic rings. The second-order valence-corrected chi connectivity index (χ2v) is 13.3. The first-order chi connectivity index (χ1) is 17.3. The number of nitrogens with one attached hydrogen (secondary N) is 2. The van der Waals surface area contributed by atoms with E-state index in [0.717, 1.165) is 51.4 Å². The highest BCUT2D eigenvalue weighted by molar-refractivity contribution is 9.09. The lowest BCUT2D eigenvalue weighted by Gasteiger charge is -2.49. The molecule has 3 saturated heterocycles. The predicted octanol–water partition coefficient (Wildman–Crippen LogP) is 2.76. The van der Waals surface area contributed by atoms with Gasteiger partial charge < -0.3 is 21.1 Å². The highest BCUT2D eigenvalue weighted by Crippen LogP contribution is 2.48. The number of carbonyl (C=O) groups is 1. The first kappa shape index (κ1) is 27.3. The third-order valence-corrected chi connectivity index (χ3v) is 11.4. The van der Waals surface area contributed by atoms with Gasteiger partial charge in [-0.2, -0.15) is 0 Å². The molecule has 12 unspecified atom stereocenters. The molecule has 0 aromatic carbocycles. The largest absolute Gasteiger partial charge is 0.388 e. The summed E-state index contributed by atoms with van der Waals surface area (Å²) in [6.07, 6.45) is 5.65. The summed E-state index contributed by atoms with van der Waals surface area (Å²) in [4.78, 5) is 16.1. The maximum absolute atomic E-state index is 15.3. The average Bonchev–Trinajstić information content (AvgIpc) is 3.65. The van der Waals surface area contributed by atoms with Crippen LogP contribution in [0.15, 0.2) is 0 Å². The van der Waals surface area contributed by atoms with Gasteiger partial charge in [0.25, 0.3) is 0 Å². The standard InChI is InChI=1S/C27H47BrFN5O2/c1-4-6-18-22-19(5-2)33(27(36)17-13-31-26(28)14(3)24(17)30)12-11-20(22)34(32-18)21-10-9-16(15-7-8-15)23(29)25(21)35/h14-26,31-32,35H,4-13,30H2,1-3H3. The topological polar surface area (TPSA) is 93.9 Å². The second kappa shape index (κ2) is 11.0. The smallest absolute Gasteiger partial charge is 0.228 e. The molecule has 36 heavy (non-hydrogen) atoms. The van der Waals surface area contributed by atoms with Gasteiger partial charge in [0.15, 0.2) is 0 Å². The molecule has 0 spiro atoms. The van der Waals surface area contributed by atoms with Crippen molar-refractivity contribution in [1.29, 1.82) is 0 Å². The van der Waals surface area contributed by atoms with E-state index in [1.807, 2.05) is 0 Å². The molecule has 7 nitrogen and oxygen atoms in total. The Labute approximate surface area is 224 Å². The molecule has 2 aliphatic carbocycles. The number of alkyl halides is 2. The van der Waals surface area contributed by atoms with Crippen LogP contribution < -0.4 is 16.5 Å². The van der Waals surface area contributed by atoms with Gasteiger partial charge in [0.1, 0.15) is 12.3 Å². The zero-order valence-electron chi connectivity index (χ0n) is 22.2. The quantitative estimate of drug-likeness (QED) is 0.289. The minimum atomic E-state index is -1.13. The van der Waals surface area contributed by atoms with Crippen LogP contribution in [0, 0.1) is 29.6 Å². The fourth-order valence-corrected chi connectivity index (χ4v) is 8.61. The number of hydrazine groups is 1. The Morgan fingerprint density at radius 2 is 1.92 bits per heavy atom. The number of aliphatic hydroxyl groups excluding tert-OH is 1. The van der Waals surface area contributed by atoms with Gasteiger partial charge in [-0.3, -0.25) is 10.2 Å². The van der Waals surface area contributed by atoms with Crippen LogP contribution in [0.2, 0.25) is 0 Å². The minimum Gasteiger partial charge on any atom is -0.388 e. The fraction of sp³-hybridized carbons (Fsp3) is 0.963. The van der Waals surface area contributed by atoms with Crippen molar-refractivity contribution in [1.82, 2.24) is 20.7 Å². The monoisotopic (exact) mass is 571 g/mol. The lowest BCUT2D eigenvalue weighted by molar-refractivity contribution is -0.144. The molecule has 206 valence electrons. The van der Waals surface area contributed by atoms with Crippen molar-refractivity contribution in [3.05, 3.63) is 0 Å². The summed E-state index contributed by atoms with van der Waals surface area (Å²) in [6, 6.07) is 0.188. The van der Waals surface area contributed by atoms with E-state index in [1.54, 1.807) is 0 Å². The first-order valence-corrected chi connectivity index (χ1v) is 15.5. The molecule has 0 bridgehead atoms. The van der Waals surface area contributed by atoms with Gasteiger partial charge in [0.2, 0.25) is 5.91 Å². The van der Waals surface area contributed by atoms with Gasteiger partial charge in [0, 0.05) is 43.2 Å². The SMILES string of the molecule is CCCC1NN(C2CCC(C3CC3)C(F)C2O)C2CCN(C(=O)C3CNC(Br)C(C)C3N)C(CC)C12. The van der Waals surface area contributed by atoms with E-state index >= 15 is 4.39 Å². The molecule has 5 aliphatic rings. The Kier molecular flexibility index (Phi) is 8.36. The average molecular weight is 573 g/mol. The summed E-state index contributed by atoms with van der Waals surface area (Å²) < 4.78 is 15.3. The Morgan fingerprint density at radius 1 is 1.17 bits per heavy atom. The number of piperidine rings is 2. The Bertz CT molecular complexity index is 789. The number of nitrogens with zero attached hydrogens (tertiary/aromatic N) is 2. The zero-order valence-corrected chi connectivity index (χ0v) is 23.7. The lowest BCUT2D eigenvalue weighted by Crippen LogP contribution is -2.64. The summed E-state index contributed by atoms with van der Waals surface area (Å²) in [5, 5.41) is 16.8. The minimum absolute atomic E-state index is 0.0266. The van der Waals surface area contributed by atoms with E-state index < -0.39 is 12.3 Å². The van der Waals surface area contributed by atoms with Crippen molar-refractivity contribution in [2.75, 3.05) is 13.1 Å². The summed E-state index contributed by atoms with van der Waals surface area (Å²) in [5.41, 5.74) is 10.3. The lowest BCUT2D eigenvalue weighted by atomic mass is 9.75. The number of halogens is 2. The Balaban J connectivity index is 1.34. The van der Waals surface area contributed by atoms with Crippen LogP contribution in [0.1, 0.15) is 72.1 Å². The number of aliphatic hydroxyl groups is 1. The molecule has 3 heterocycles. The molecule has 0 radical (unpaired) electrons. The van der Waals surface area contributed by atoms with Gasteiger partial charge in [-0.15, -0.1) is 0 Å². The van der Waals surface area contributed by atoms with Gasteiger partial charge in [-0.05, 0) is 62.7 Å². The van der Waals surface area contributed by atoms with Crippen molar-refractivity contribution in [3.63, 3.8) is 0 Å². The molecule has 1 amide bonds. The van der Waals surface area contributed by atoms with Crippen LogP contribution in [0.4, 0.5) is 4.39 Å². The predicted molar refractivity (Wildman–Crippen MR) is 143 cm³/mol. The van der Waals surface area contributed by atoms with Gasteiger partial charge >= 0.3 is 0 Å². The van der Waals surface area contributed by atoms with Crippen LogP contribution in [0.3, 0.4) is 0 Å². The number of amides is 1. The zero-order chi connectivity index (χ0) is 25.7. The van der Waals surface area contributed by atoms with Gasteiger partial charge in [-0.1, -0.05) is 43.1 Å². The molecular formula is C27H47BrFN5O2. The molecule has 9 heteroatoms. The number of hydrogen-bond acceptors (Lipinski definition) is 6. The van der Waals surface area contributed by atoms with Crippen LogP contribution >= 0.6 is 15.9 Å². The summed E-state index contributed by atoms with van der Waals surface area (Å²) in [6.45, 7) is 7.76. The third-order valence-electron chi connectivity index (χ3n) is 10.3. The summed E-state index contributed by atoms with van der Waals surface area (Å²) >= 11 is 3.65. The van der Waals surface area contributed by atoms with Crippen molar-refractivity contribution < 1.29 is 14.3 Å². The van der Waals surface area contributed by atoms with E-state index in [1.165, 1.54) is 0 Å². The number of hydrogen-bond donors (Lipinski definition) is 4. The highest BCUT2D eigenvalue weighted by atomic mass is 79.9. The van der Waals surface area contributed by atoms with Crippen molar-refractivity contribution >= 4 is 21.8 Å². The summed E-state index contributed by atoms with van der Waals surface area (Å²) in [7, 11) is 0. The molecule has 5 fully saturated rings. The van der Waals surface area contributed by atoms with Crippen LogP contribution in [-0.4, -0.2) is 81.4 Å². The maximum atomic E-state index is 15.3. The highest BCUT2D eigenvalue weighted by Gasteiger charge is 2.56. The van der Waals surface area contributed by atoms with E-state index in [-0.39, 0.29) is 64.7 Å². The van der Waals surface area contributed by atoms with Crippen LogP contribution in [0.5, 0.6) is 0 Å².